The largest absolute Gasteiger partial charge is 0.507 e. The molecule has 5 heteroatoms. The van der Waals surface area contributed by atoms with Crippen LogP contribution in [0.2, 0.25) is 0 Å². The van der Waals surface area contributed by atoms with Gasteiger partial charge < -0.3 is 14.5 Å². The molecule has 0 radical (unpaired) electrons. The van der Waals surface area contributed by atoms with Crippen LogP contribution in [0.1, 0.15) is 75.4 Å². The molecule has 0 fully saturated rings. The molecule has 0 aromatic carbocycles. The first kappa shape index (κ1) is 22.6. The number of carbonyl (C=O) groups excluding carboxylic acids is 1. The van der Waals surface area contributed by atoms with E-state index in [1.54, 1.807) is 26.3 Å². The van der Waals surface area contributed by atoms with Gasteiger partial charge in [-0.3, -0.25) is 4.79 Å². The Morgan fingerprint density at radius 2 is 1.96 bits per heavy atom. The molecular weight excluding hydrogens is 342 g/mol. The predicted molar refractivity (Wildman–Crippen MR) is 110 cm³/mol. The molecule has 0 bridgehead atoms. The first-order chi connectivity index (χ1) is 12.9. The molecule has 0 spiro atoms. The minimum atomic E-state index is -0.796. The maximum atomic E-state index is 12.5. The van der Waals surface area contributed by atoms with E-state index < -0.39 is 11.4 Å². The third-order valence-corrected chi connectivity index (χ3v) is 4.30. The Kier molecular flexibility index (Phi) is 10.1. The maximum absolute atomic E-state index is 12.5. The van der Waals surface area contributed by atoms with Gasteiger partial charge in [0.15, 0.2) is 5.78 Å². The Balaban J connectivity index is 2.88. The van der Waals surface area contributed by atoms with Gasteiger partial charge in [0, 0.05) is 19.5 Å². The fourth-order valence-corrected chi connectivity index (χ4v) is 2.63. The molecule has 1 rings (SSSR count). The van der Waals surface area contributed by atoms with E-state index in [0.717, 1.165) is 32.1 Å². The van der Waals surface area contributed by atoms with Crippen LogP contribution in [0.4, 0.5) is 0 Å². The van der Waals surface area contributed by atoms with Crippen LogP contribution >= 0.6 is 0 Å². The minimum Gasteiger partial charge on any atom is -0.507 e. The van der Waals surface area contributed by atoms with Crippen molar-refractivity contribution in [3.63, 3.8) is 0 Å². The SMILES string of the molecule is CCCCC/C(C)=C\C=C(/C)C(=O)c1c(O)cc(CCCC=NC)oc1=O. The first-order valence-electron chi connectivity index (χ1n) is 9.56. The number of nitrogens with zero attached hydrogens (tertiary/aromatic N) is 1. The van der Waals surface area contributed by atoms with Crippen LogP contribution in [0.25, 0.3) is 0 Å². The third-order valence-electron chi connectivity index (χ3n) is 4.30. The van der Waals surface area contributed by atoms with Crippen LogP contribution in [0.3, 0.4) is 0 Å². The number of hydrogen-bond donors (Lipinski definition) is 1. The summed E-state index contributed by atoms with van der Waals surface area (Å²) in [5.41, 5.74) is 0.465. The van der Waals surface area contributed by atoms with E-state index >= 15 is 0 Å². The van der Waals surface area contributed by atoms with Gasteiger partial charge in [0.05, 0.1) is 0 Å². The minimum absolute atomic E-state index is 0.306. The second kappa shape index (κ2) is 12.0. The topological polar surface area (TPSA) is 79.9 Å². The molecule has 1 N–H and O–H groups in total. The lowest BCUT2D eigenvalue weighted by molar-refractivity contribution is 0.102. The highest BCUT2D eigenvalue weighted by Crippen LogP contribution is 2.20. The molecule has 1 heterocycles. The lowest BCUT2D eigenvalue weighted by Crippen LogP contribution is -2.16. The number of aryl methyl sites for hydroxylation is 1. The number of aromatic hydroxyl groups is 1. The van der Waals surface area contributed by atoms with Crippen LogP contribution < -0.4 is 5.63 Å². The van der Waals surface area contributed by atoms with Gasteiger partial charge in [0.1, 0.15) is 17.1 Å². The lowest BCUT2D eigenvalue weighted by Gasteiger charge is -2.05. The molecule has 0 amide bonds. The molecule has 0 atom stereocenters. The molecule has 0 unspecified atom stereocenters. The van der Waals surface area contributed by atoms with E-state index in [0.29, 0.717) is 17.8 Å². The van der Waals surface area contributed by atoms with Crippen molar-refractivity contribution < 1.29 is 14.3 Å². The summed E-state index contributed by atoms with van der Waals surface area (Å²) in [4.78, 5) is 28.6. The second-order valence-corrected chi connectivity index (χ2v) is 6.74. The van der Waals surface area contributed by atoms with Crippen LogP contribution in [-0.2, 0) is 6.42 Å². The zero-order chi connectivity index (χ0) is 20.2. The number of aliphatic imine (C=N–C) groups is 1. The highest BCUT2D eigenvalue weighted by Gasteiger charge is 2.20. The smallest absolute Gasteiger partial charge is 0.351 e. The lowest BCUT2D eigenvalue weighted by atomic mass is 10.0. The maximum Gasteiger partial charge on any atom is 0.351 e. The first-order valence-corrected chi connectivity index (χ1v) is 9.56. The fourth-order valence-electron chi connectivity index (χ4n) is 2.63. The van der Waals surface area contributed by atoms with Gasteiger partial charge in [-0.05, 0) is 51.3 Å². The molecule has 5 nitrogen and oxygen atoms in total. The van der Waals surface area contributed by atoms with Crippen molar-refractivity contribution in [2.24, 2.45) is 4.99 Å². The molecule has 0 saturated carbocycles. The van der Waals surface area contributed by atoms with Crippen LogP contribution in [0.15, 0.2) is 43.6 Å². The summed E-state index contributed by atoms with van der Waals surface area (Å²) in [5, 5.41) is 10.2. The molecule has 0 aliphatic heterocycles. The number of allylic oxidation sites excluding steroid dienone is 4. The van der Waals surface area contributed by atoms with E-state index in [-0.39, 0.29) is 11.3 Å². The number of ketones is 1. The standard InChI is InChI=1S/C22H31NO4/c1-5-6-7-10-16(2)12-13-17(3)21(25)20-19(24)15-18(27-22(20)26)11-8-9-14-23-4/h12-15,24H,5-11H2,1-4H3/b16-12-,17-13+,23-14?. The van der Waals surface area contributed by atoms with Gasteiger partial charge in [-0.2, -0.15) is 0 Å². The Morgan fingerprint density at radius 3 is 2.59 bits per heavy atom. The molecule has 1 aromatic rings. The van der Waals surface area contributed by atoms with E-state index in [4.69, 9.17) is 4.42 Å². The van der Waals surface area contributed by atoms with Gasteiger partial charge in [0.2, 0.25) is 0 Å². The quantitative estimate of drug-likeness (QED) is 0.194. The molecule has 0 aliphatic rings. The van der Waals surface area contributed by atoms with Crippen LogP contribution in [-0.4, -0.2) is 24.2 Å². The molecule has 27 heavy (non-hydrogen) atoms. The summed E-state index contributed by atoms with van der Waals surface area (Å²) in [6, 6.07) is 1.36. The number of carbonyl (C=O) groups is 1. The Morgan fingerprint density at radius 1 is 1.22 bits per heavy atom. The van der Waals surface area contributed by atoms with E-state index in [1.807, 2.05) is 13.0 Å². The van der Waals surface area contributed by atoms with Crippen molar-refractivity contribution in [2.75, 3.05) is 7.05 Å². The highest BCUT2D eigenvalue weighted by molar-refractivity contribution is 6.09. The summed E-state index contributed by atoms with van der Waals surface area (Å²) in [7, 11) is 1.70. The van der Waals surface area contributed by atoms with Crippen molar-refractivity contribution in [2.45, 2.75) is 65.7 Å². The number of unbranched alkanes of at least 4 members (excludes halogenated alkanes) is 3. The van der Waals surface area contributed by atoms with Crippen molar-refractivity contribution in [3.8, 4) is 5.75 Å². The van der Waals surface area contributed by atoms with Gasteiger partial charge in [0.25, 0.3) is 0 Å². The number of hydrogen-bond acceptors (Lipinski definition) is 5. The molecule has 1 aromatic heterocycles. The predicted octanol–water partition coefficient (Wildman–Crippen LogP) is 5.02. The zero-order valence-electron chi connectivity index (χ0n) is 16.9. The average Bonchev–Trinajstić information content (AvgIpc) is 2.63. The summed E-state index contributed by atoms with van der Waals surface area (Å²) < 4.78 is 5.21. The Hall–Kier alpha value is -2.43. The summed E-state index contributed by atoms with van der Waals surface area (Å²) in [6.45, 7) is 5.81. The molecule has 148 valence electrons. The van der Waals surface area contributed by atoms with Crippen LogP contribution in [0.5, 0.6) is 5.75 Å². The summed E-state index contributed by atoms with van der Waals surface area (Å²) >= 11 is 0. The van der Waals surface area contributed by atoms with E-state index in [2.05, 4.69) is 11.9 Å². The van der Waals surface area contributed by atoms with Gasteiger partial charge in [-0.15, -0.1) is 0 Å². The van der Waals surface area contributed by atoms with E-state index in [9.17, 15) is 14.7 Å². The second-order valence-electron chi connectivity index (χ2n) is 6.74. The van der Waals surface area contributed by atoms with Gasteiger partial charge in [-0.25, -0.2) is 4.79 Å². The van der Waals surface area contributed by atoms with Crippen molar-refractivity contribution in [3.05, 3.63) is 51.1 Å². The van der Waals surface area contributed by atoms with Gasteiger partial charge in [-0.1, -0.05) is 37.5 Å². The summed E-state index contributed by atoms with van der Waals surface area (Å²) in [6.07, 6.45) is 11.8. The summed E-state index contributed by atoms with van der Waals surface area (Å²) in [5.74, 6) is -0.470. The highest BCUT2D eigenvalue weighted by atomic mass is 16.4. The normalized spacial score (nSPS) is 12.7. The third kappa shape index (κ3) is 7.77. The fraction of sp³-hybridized carbons (Fsp3) is 0.500. The van der Waals surface area contributed by atoms with E-state index in [1.165, 1.54) is 18.1 Å². The van der Waals surface area contributed by atoms with Crippen molar-refractivity contribution in [1.29, 1.82) is 0 Å². The number of rotatable bonds is 11. The van der Waals surface area contributed by atoms with Gasteiger partial charge >= 0.3 is 5.63 Å². The Labute approximate surface area is 161 Å². The van der Waals surface area contributed by atoms with Crippen molar-refractivity contribution in [1.82, 2.24) is 0 Å². The average molecular weight is 373 g/mol. The molecular formula is C22H31NO4. The van der Waals surface area contributed by atoms with Crippen LogP contribution in [0, 0.1) is 0 Å². The molecule has 0 saturated heterocycles. The Bertz CT molecular complexity index is 769. The van der Waals surface area contributed by atoms with Crippen molar-refractivity contribution >= 4 is 12.0 Å². The number of Topliss-reactive ketones (excluding diaryl/α,β-unsaturated/α-hetero) is 1. The zero-order valence-corrected chi connectivity index (χ0v) is 16.9. The monoisotopic (exact) mass is 373 g/mol. The molecule has 0 aliphatic carbocycles.